The smallest absolute Gasteiger partial charge is 0.122 e. The van der Waals surface area contributed by atoms with Gasteiger partial charge in [0.25, 0.3) is 0 Å². The second-order valence-electron chi connectivity index (χ2n) is 5.73. The fourth-order valence-corrected chi connectivity index (χ4v) is 4.08. The molecule has 0 spiro atoms. The summed E-state index contributed by atoms with van der Waals surface area (Å²) in [6.07, 6.45) is 3.66. The Morgan fingerprint density at radius 3 is 3.14 bits per heavy atom. The number of hydrogen-bond acceptors (Lipinski definition) is 4. The lowest BCUT2D eigenvalue weighted by Crippen LogP contribution is -2.45. The van der Waals surface area contributed by atoms with E-state index in [1.54, 1.807) is 0 Å². The Morgan fingerprint density at radius 1 is 1.38 bits per heavy atom. The van der Waals surface area contributed by atoms with Gasteiger partial charge in [0, 0.05) is 24.0 Å². The second kappa shape index (κ2) is 7.52. The van der Waals surface area contributed by atoms with Gasteiger partial charge in [0.15, 0.2) is 0 Å². The number of benzene rings is 1. The van der Waals surface area contributed by atoms with E-state index in [2.05, 4.69) is 30.4 Å². The molecule has 116 valence electrons. The van der Waals surface area contributed by atoms with Gasteiger partial charge >= 0.3 is 0 Å². The standard InChI is InChI=1S/C17H25NO2S/c1-2-18-15(17-12-21-10-9-20-17)5-3-13-4-6-16-14(11-13)7-8-19-16/h4,6,11,15,17-18H,2-3,5,7-10,12H2,1H3. The molecular weight excluding hydrogens is 282 g/mol. The summed E-state index contributed by atoms with van der Waals surface area (Å²) in [6, 6.07) is 7.13. The lowest BCUT2D eigenvalue weighted by molar-refractivity contribution is 0.0453. The van der Waals surface area contributed by atoms with Crippen LogP contribution in [0.3, 0.4) is 0 Å². The maximum Gasteiger partial charge on any atom is 0.122 e. The van der Waals surface area contributed by atoms with Gasteiger partial charge in [-0.25, -0.2) is 0 Å². The third kappa shape index (κ3) is 3.93. The molecule has 2 aliphatic heterocycles. The van der Waals surface area contributed by atoms with Gasteiger partial charge in [0.05, 0.1) is 19.3 Å². The summed E-state index contributed by atoms with van der Waals surface area (Å²) < 4.78 is 11.5. The highest BCUT2D eigenvalue weighted by Crippen LogP contribution is 2.27. The van der Waals surface area contributed by atoms with Crippen LogP contribution in [0, 0.1) is 0 Å². The topological polar surface area (TPSA) is 30.5 Å². The largest absolute Gasteiger partial charge is 0.493 e. The third-order valence-corrected chi connectivity index (χ3v) is 5.27. The number of aryl methyl sites for hydroxylation is 1. The number of likely N-dealkylation sites (N-methyl/N-ethyl adjacent to an activating group) is 1. The first-order chi connectivity index (χ1) is 10.4. The molecule has 3 nitrogen and oxygen atoms in total. The molecule has 0 amide bonds. The predicted octanol–water partition coefficient (Wildman–Crippen LogP) is 2.66. The molecule has 21 heavy (non-hydrogen) atoms. The molecule has 0 saturated carbocycles. The first-order valence-electron chi connectivity index (χ1n) is 8.04. The first-order valence-corrected chi connectivity index (χ1v) is 9.19. The van der Waals surface area contributed by atoms with E-state index in [9.17, 15) is 0 Å². The van der Waals surface area contributed by atoms with E-state index in [0.29, 0.717) is 12.1 Å². The number of nitrogens with one attached hydrogen (secondary N) is 1. The second-order valence-corrected chi connectivity index (χ2v) is 6.88. The molecule has 1 fully saturated rings. The highest BCUT2D eigenvalue weighted by atomic mass is 32.2. The molecule has 4 heteroatoms. The summed E-state index contributed by atoms with van der Waals surface area (Å²) in [4.78, 5) is 0. The van der Waals surface area contributed by atoms with E-state index in [0.717, 1.165) is 56.3 Å². The highest BCUT2D eigenvalue weighted by Gasteiger charge is 2.24. The van der Waals surface area contributed by atoms with Crippen molar-refractivity contribution in [2.45, 2.75) is 38.3 Å². The van der Waals surface area contributed by atoms with Crippen LogP contribution >= 0.6 is 11.8 Å². The van der Waals surface area contributed by atoms with Gasteiger partial charge in [-0.2, -0.15) is 11.8 Å². The van der Waals surface area contributed by atoms with Crippen molar-refractivity contribution in [1.29, 1.82) is 0 Å². The zero-order valence-electron chi connectivity index (χ0n) is 12.8. The molecule has 1 aromatic carbocycles. The minimum Gasteiger partial charge on any atom is -0.493 e. The SMILES string of the molecule is CCNC(CCc1ccc2c(c1)CCO2)C1CSCCO1. The summed E-state index contributed by atoms with van der Waals surface area (Å²) in [6.45, 7) is 4.92. The maximum atomic E-state index is 5.95. The predicted molar refractivity (Wildman–Crippen MR) is 88.5 cm³/mol. The fourth-order valence-electron chi connectivity index (χ4n) is 3.14. The van der Waals surface area contributed by atoms with E-state index in [1.807, 2.05) is 11.8 Å². The molecule has 1 aromatic rings. The van der Waals surface area contributed by atoms with E-state index < -0.39 is 0 Å². The van der Waals surface area contributed by atoms with Gasteiger partial charge < -0.3 is 14.8 Å². The van der Waals surface area contributed by atoms with Crippen molar-refractivity contribution in [3.8, 4) is 5.75 Å². The van der Waals surface area contributed by atoms with Crippen LogP contribution < -0.4 is 10.1 Å². The lowest BCUT2D eigenvalue weighted by atomic mass is 9.99. The molecule has 2 aliphatic rings. The minimum absolute atomic E-state index is 0.362. The molecule has 0 bridgehead atoms. The Bertz CT molecular complexity index is 460. The number of fused-ring (bicyclic) bond motifs is 1. The van der Waals surface area contributed by atoms with Crippen LogP contribution in [0.1, 0.15) is 24.5 Å². The van der Waals surface area contributed by atoms with Crippen LogP contribution in [0.15, 0.2) is 18.2 Å². The van der Waals surface area contributed by atoms with Crippen molar-refractivity contribution in [3.63, 3.8) is 0 Å². The molecule has 2 atom stereocenters. The van der Waals surface area contributed by atoms with Crippen molar-refractivity contribution in [2.75, 3.05) is 31.3 Å². The van der Waals surface area contributed by atoms with Gasteiger partial charge in [-0.15, -0.1) is 0 Å². The molecule has 2 heterocycles. The average molecular weight is 307 g/mol. The Kier molecular flexibility index (Phi) is 5.44. The normalized spacial score (nSPS) is 22.6. The van der Waals surface area contributed by atoms with Crippen molar-refractivity contribution >= 4 is 11.8 Å². The molecule has 1 N–H and O–H groups in total. The van der Waals surface area contributed by atoms with Gasteiger partial charge in [0.2, 0.25) is 0 Å². The highest BCUT2D eigenvalue weighted by molar-refractivity contribution is 7.99. The molecule has 0 radical (unpaired) electrons. The van der Waals surface area contributed by atoms with Crippen molar-refractivity contribution in [1.82, 2.24) is 5.32 Å². The average Bonchev–Trinajstić information content (AvgIpc) is 3.00. The zero-order chi connectivity index (χ0) is 14.5. The Hall–Kier alpha value is -0.710. The van der Waals surface area contributed by atoms with Crippen LogP contribution in [-0.4, -0.2) is 43.4 Å². The van der Waals surface area contributed by atoms with Gasteiger partial charge in [-0.3, -0.25) is 0 Å². The zero-order valence-corrected chi connectivity index (χ0v) is 13.6. The minimum atomic E-state index is 0.362. The van der Waals surface area contributed by atoms with Crippen molar-refractivity contribution in [3.05, 3.63) is 29.3 Å². The molecule has 0 aromatic heterocycles. The van der Waals surface area contributed by atoms with Crippen LogP contribution in [0.5, 0.6) is 5.75 Å². The number of rotatable bonds is 6. The molecular formula is C17H25NO2S. The number of thioether (sulfide) groups is 1. The first kappa shape index (κ1) is 15.2. The Balaban J connectivity index is 1.58. The molecule has 1 saturated heterocycles. The molecule has 0 aliphatic carbocycles. The van der Waals surface area contributed by atoms with E-state index in [4.69, 9.17) is 9.47 Å². The van der Waals surface area contributed by atoms with Crippen LogP contribution in [0.25, 0.3) is 0 Å². The van der Waals surface area contributed by atoms with Crippen molar-refractivity contribution in [2.24, 2.45) is 0 Å². The third-order valence-electron chi connectivity index (χ3n) is 4.25. The van der Waals surface area contributed by atoms with E-state index >= 15 is 0 Å². The quantitative estimate of drug-likeness (QED) is 0.875. The monoisotopic (exact) mass is 307 g/mol. The maximum absolute atomic E-state index is 5.95. The molecule has 2 unspecified atom stereocenters. The molecule has 3 rings (SSSR count). The fraction of sp³-hybridized carbons (Fsp3) is 0.647. The van der Waals surface area contributed by atoms with Gasteiger partial charge in [-0.1, -0.05) is 19.1 Å². The number of ether oxygens (including phenoxy) is 2. The lowest BCUT2D eigenvalue weighted by Gasteiger charge is -2.30. The van der Waals surface area contributed by atoms with E-state index in [-0.39, 0.29) is 0 Å². The summed E-state index contributed by atoms with van der Waals surface area (Å²) >= 11 is 2.01. The van der Waals surface area contributed by atoms with Gasteiger partial charge in [0.1, 0.15) is 5.75 Å². The number of hydrogen-bond donors (Lipinski definition) is 1. The summed E-state index contributed by atoms with van der Waals surface area (Å²) in [7, 11) is 0. The van der Waals surface area contributed by atoms with Crippen LogP contribution in [-0.2, 0) is 17.6 Å². The Morgan fingerprint density at radius 2 is 2.33 bits per heavy atom. The van der Waals surface area contributed by atoms with E-state index in [1.165, 1.54) is 11.1 Å². The van der Waals surface area contributed by atoms with Crippen LogP contribution in [0.4, 0.5) is 0 Å². The summed E-state index contributed by atoms with van der Waals surface area (Å²) in [5, 5.41) is 3.61. The summed E-state index contributed by atoms with van der Waals surface area (Å²) in [5.41, 5.74) is 2.79. The van der Waals surface area contributed by atoms with Crippen molar-refractivity contribution < 1.29 is 9.47 Å². The Labute approximate surface area is 131 Å². The van der Waals surface area contributed by atoms with Gasteiger partial charge in [-0.05, 0) is 36.6 Å². The van der Waals surface area contributed by atoms with Crippen LogP contribution in [0.2, 0.25) is 0 Å². The summed E-state index contributed by atoms with van der Waals surface area (Å²) in [5.74, 6) is 3.34.